The van der Waals surface area contributed by atoms with Crippen LogP contribution in [-0.4, -0.2) is 28.6 Å². The highest BCUT2D eigenvalue weighted by Crippen LogP contribution is 2.83. The molecule has 1 saturated heterocycles. The molecule has 214 valence electrons. The second-order valence-electron chi connectivity index (χ2n) is 17.2. The predicted molar refractivity (Wildman–Crippen MR) is 148 cm³/mol. The molecule has 2 N–H and O–H groups in total. The Balaban J connectivity index is 1.33. The van der Waals surface area contributed by atoms with Crippen LogP contribution in [0.15, 0.2) is 0 Å². The van der Waals surface area contributed by atoms with Gasteiger partial charge in [0, 0.05) is 17.8 Å². The molecule has 0 amide bonds. The summed E-state index contributed by atoms with van der Waals surface area (Å²) in [6, 6.07) is 0. The van der Waals surface area contributed by atoms with Gasteiger partial charge in [-0.25, -0.2) is 0 Å². The molecule has 1 heterocycles. The van der Waals surface area contributed by atoms with Crippen LogP contribution in [0.5, 0.6) is 0 Å². The van der Waals surface area contributed by atoms with E-state index < -0.39 is 17.2 Å². The highest BCUT2D eigenvalue weighted by atomic mass is 16.6. The van der Waals surface area contributed by atoms with Crippen LogP contribution in [0.1, 0.15) is 125 Å². The first kappa shape index (κ1) is 26.3. The summed E-state index contributed by atoms with van der Waals surface area (Å²) in [6.07, 6.45) is 14.7. The third-order valence-electron chi connectivity index (χ3n) is 16.1. The average Bonchev–Trinajstić information content (AvgIpc) is 3.02. The van der Waals surface area contributed by atoms with Gasteiger partial charge in [0.15, 0.2) is 5.79 Å². The van der Waals surface area contributed by atoms with Crippen LogP contribution >= 0.6 is 0 Å². The van der Waals surface area contributed by atoms with Gasteiger partial charge >= 0.3 is 5.97 Å². The van der Waals surface area contributed by atoms with Crippen molar-refractivity contribution in [2.45, 2.75) is 131 Å². The van der Waals surface area contributed by atoms with Crippen LogP contribution in [0.4, 0.5) is 0 Å². The zero-order valence-electron chi connectivity index (χ0n) is 25.1. The molecule has 7 aliphatic rings. The summed E-state index contributed by atoms with van der Waals surface area (Å²) in [5.74, 6) is 1.96. The number of aliphatic hydroxyl groups is 1. The molecular formula is C34H54O4. The molecule has 13 atom stereocenters. The molecule has 0 radical (unpaired) electrons. The Hall–Kier alpha value is -0.610. The van der Waals surface area contributed by atoms with Crippen molar-refractivity contribution in [2.75, 3.05) is 6.61 Å². The fourth-order valence-electron chi connectivity index (χ4n) is 14.2. The molecule has 38 heavy (non-hydrogen) atoms. The molecule has 1 aliphatic heterocycles. The molecule has 0 aromatic heterocycles. The lowest BCUT2D eigenvalue weighted by Gasteiger charge is -2.78. The third kappa shape index (κ3) is 2.79. The number of fused-ring (bicyclic) bond motifs is 5. The normalized spacial score (nSPS) is 62.4. The van der Waals surface area contributed by atoms with Gasteiger partial charge in [-0.2, -0.15) is 0 Å². The minimum Gasteiger partial charge on any atom is -0.481 e. The van der Waals surface area contributed by atoms with Gasteiger partial charge in [-0.1, -0.05) is 41.0 Å². The average molecular weight is 527 g/mol. The minimum atomic E-state index is -0.893. The molecule has 0 aromatic carbocycles. The lowest BCUT2D eigenvalue weighted by atomic mass is 9.26. The molecule has 6 saturated carbocycles. The standard InChI is InChI=1S/C34H54O4/c1-7-8-24-33-12-11-23-30(4)16-15-28(2)13-14-29(3,27(35)36)19-25(28)31(30,5)18-22-10-9-21(26(33)32(22,23)6)17-34(24,37)38-20-33/h21-26,37H,7-20H2,1-6H3,(H,35,36)/t21-,22-,23+,24+,25+,26-,28+,29+,30+,31-,32+,33-,34-/m0/s1. The van der Waals surface area contributed by atoms with Crippen LogP contribution in [-0.2, 0) is 9.53 Å². The molecule has 0 aromatic rings. The summed E-state index contributed by atoms with van der Waals surface area (Å²) in [5, 5.41) is 22.1. The molecule has 6 aliphatic carbocycles. The van der Waals surface area contributed by atoms with Gasteiger partial charge in [-0.15, -0.1) is 0 Å². The van der Waals surface area contributed by atoms with Gasteiger partial charge in [0.25, 0.3) is 0 Å². The fraction of sp³-hybridized carbons (Fsp3) is 0.971. The minimum absolute atomic E-state index is 0.150. The first-order valence-electron chi connectivity index (χ1n) is 16.3. The summed E-state index contributed by atoms with van der Waals surface area (Å²) in [6.45, 7) is 15.6. The van der Waals surface area contributed by atoms with E-state index >= 15 is 0 Å². The van der Waals surface area contributed by atoms with E-state index in [0.717, 1.165) is 45.1 Å². The number of rotatable bonds is 3. The van der Waals surface area contributed by atoms with Crippen LogP contribution in [0.2, 0.25) is 0 Å². The molecule has 4 heteroatoms. The highest BCUT2D eigenvalue weighted by molar-refractivity contribution is 5.74. The van der Waals surface area contributed by atoms with Gasteiger partial charge in [0.05, 0.1) is 12.0 Å². The van der Waals surface area contributed by atoms with Crippen LogP contribution in [0, 0.1) is 68.0 Å². The lowest BCUT2D eigenvalue weighted by Crippen LogP contribution is -2.73. The maximum absolute atomic E-state index is 12.5. The van der Waals surface area contributed by atoms with E-state index in [1.54, 1.807) is 0 Å². The van der Waals surface area contributed by atoms with Gasteiger partial charge in [0.2, 0.25) is 0 Å². The topological polar surface area (TPSA) is 66.8 Å². The first-order valence-corrected chi connectivity index (χ1v) is 16.3. The number of aliphatic carboxylic acids is 1. The summed E-state index contributed by atoms with van der Waals surface area (Å²) in [5.41, 5.74) is 0.580. The monoisotopic (exact) mass is 526 g/mol. The van der Waals surface area contributed by atoms with E-state index in [4.69, 9.17) is 4.74 Å². The molecule has 7 rings (SSSR count). The zero-order valence-corrected chi connectivity index (χ0v) is 25.1. The van der Waals surface area contributed by atoms with Crippen molar-refractivity contribution < 1.29 is 19.7 Å². The van der Waals surface area contributed by atoms with Crippen molar-refractivity contribution >= 4 is 5.97 Å². The van der Waals surface area contributed by atoms with Crippen molar-refractivity contribution in [1.29, 1.82) is 0 Å². The maximum atomic E-state index is 12.5. The Kier molecular flexibility index (Phi) is 5.27. The van der Waals surface area contributed by atoms with Crippen molar-refractivity contribution in [2.24, 2.45) is 68.0 Å². The van der Waals surface area contributed by atoms with Crippen LogP contribution in [0.3, 0.4) is 0 Å². The second kappa shape index (κ2) is 7.61. The Morgan fingerprint density at radius 2 is 1.61 bits per heavy atom. The van der Waals surface area contributed by atoms with E-state index in [1.165, 1.54) is 44.9 Å². The summed E-state index contributed by atoms with van der Waals surface area (Å²) < 4.78 is 6.45. The SMILES string of the molecule is CCC[C@@H]1[C@]23CC[C@H]4[C@@]5(C)[C@@H](CC[C@@H](C[C@]1(O)OC2)[C@H]35)C[C@@]1(C)[C@@H]2C[C@](C)(C(=O)O)CC[C@]2(C)CC[C@]41C. The molecule has 2 bridgehead atoms. The zero-order chi connectivity index (χ0) is 27.1. The van der Waals surface area contributed by atoms with Crippen molar-refractivity contribution in [3.63, 3.8) is 0 Å². The van der Waals surface area contributed by atoms with Crippen LogP contribution < -0.4 is 0 Å². The number of carboxylic acid groups (broad SMARTS) is 1. The molecule has 7 fully saturated rings. The smallest absolute Gasteiger partial charge is 0.309 e. The van der Waals surface area contributed by atoms with E-state index in [9.17, 15) is 15.0 Å². The number of hydrogen-bond donors (Lipinski definition) is 2. The van der Waals surface area contributed by atoms with Crippen molar-refractivity contribution in [3.05, 3.63) is 0 Å². The quantitative estimate of drug-likeness (QED) is 0.396. The fourth-order valence-corrected chi connectivity index (χ4v) is 14.2. The third-order valence-corrected chi connectivity index (χ3v) is 16.1. The molecule has 4 nitrogen and oxygen atoms in total. The number of ether oxygens (including phenoxy) is 1. The lowest BCUT2D eigenvalue weighted by molar-refractivity contribution is -0.310. The second-order valence-corrected chi connectivity index (χ2v) is 17.2. The van der Waals surface area contributed by atoms with Gasteiger partial charge < -0.3 is 14.9 Å². The van der Waals surface area contributed by atoms with Gasteiger partial charge in [-0.3, -0.25) is 4.79 Å². The Bertz CT molecular complexity index is 1040. The van der Waals surface area contributed by atoms with Gasteiger partial charge in [-0.05, 0) is 129 Å². The van der Waals surface area contributed by atoms with E-state index in [2.05, 4.69) is 34.6 Å². The maximum Gasteiger partial charge on any atom is 0.309 e. The summed E-state index contributed by atoms with van der Waals surface area (Å²) in [4.78, 5) is 12.5. The molecular weight excluding hydrogens is 472 g/mol. The summed E-state index contributed by atoms with van der Waals surface area (Å²) in [7, 11) is 0. The Morgan fingerprint density at radius 3 is 2.32 bits per heavy atom. The van der Waals surface area contributed by atoms with E-state index in [1.807, 2.05) is 6.92 Å². The van der Waals surface area contributed by atoms with Crippen molar-refractivity contribution in [3.8, 4) is 0 Å². The predicted octanol–water partition coefficient (Wildman–Crippen LogP) is 7.68. The van der Waals surface area contributed by atoms with Gasteiger partial charge in [0.1, 0.15) is 0 Å². The molecule has 1 spiro atoms. The number of hydrogen-bond acceptors (Lipinski definition) is 3. The Labute approximate surface area is 231 Å². The Morgan fingerprint density at radius 1 is 0.868 bits per heavy atom. The van der Waals surface area contributed by atoms with Crippen LogP contribution in [0.25, 0.3) is 0 Å². The van der Waals surface area contributed by atoms with E-state index in [0.29, 0.717) is 40.9 Å². The van der Waals surface area contributed by atoms with E-state index in [-0.39, 0.29) is 21.7 Å². The highest BCUT2D eigenvalue weighted by Gasteiger charge is 2.78. The first-order chi connectivity index (χ1) is 17.7. The summed E-state index contributed by atoms with van der Waals surface area (Å²) >= 11 is 0. The van der Waals surface area contributed by atoms with Crippen molar-refractivity contribution in [1.82, 2.24) is 0 Å². The molecule has 0 unspecified atom stereocenters. The number of carboxylic acids is 1. The number of carbonyl (C=O) groups is 1. The largest absolute Gasteiger partial charge is 0.481 e.